The SMILES string of the molecule is COc1cc(/C=N/NC(=O)c2ccc(OCc3ccccc3)c(OC)c2)ccc1OCC(=O)Nc1ccc(C)c(Cl)c1. The molecule has 0 spiro atoms. The van der Waals surface area contributed by atoms with Crippen molar-refractivity contribution < 1.29 is 28.5 Å². The molecule has 2 amide bonds. The van der Waals surface area contributed by atoms with Crippen LogP contribution in [-0.4, -0.2) is 38.9 Å². The van der Waals surface area contributed by atoms with E-state index in [2.05, 4.69) is 15.8 Å². The highest BCUT2D eigenvalue weighted by Crippen LogP contribution is 2.29. The van der Waals surface area contributed by atoms with E-state index in [9.17, 15) is 9.59 Å². The van der Waals surface area contributed by atoms with E-state index in [-0.39, 0.29) is 12.5 Å². The molecular formula is C32H30ClN3O6. The van der Waals surface area contributed by atoms with Crippen molar-refractivity contribution in [3.05, 3.63) is 112 Å². The minimum absolute atomic E-state index is 0.231. The molecule has 0 unspecified atom stereocenters. The van der Waals surface area contributed by atoms with Crippen LogP contribution in [0.4, 0.5) is 5.69 Å². The topological polar surface area (TPSA) is 107 Å². The summed E-state index contributed by atoms with van der Waals surface area (Å²) < 4.78 is 22.3. The molecule has 0 saturated heterocycles. The molecule has 0 radical (unpaired) electrons. The van der Waals surface area contributed by atoms with E-state index in [1.165, 1.54) is 20.4 Å². The van der Waals surface area contributed by atoms with E-state index in [1.54, 1.807) is 48.5 Å². The molecule has 0 fully saturated rings. The van der Waals surface area contributed by atoms with Gasteiger partial charge in [0.25, 0.3) is 11.8 Å². The summed E-state index contributed by atoms with van der Waals surface area (Å²) in [5, 5.41) is 7.34. The number of ether oxygens (including phenoxy) is 4. The summed E-state index contributed by atoms with van der Waals surface area (Å²) in [4.78, 5) is 25.0. The molecule has 2 N–H and O–H groups in total. The molecule has 216 valence electrons. The van der Waals surface area contributed by atoms with Crippen LogP contribution >= 0.6 is 11.6 Å². The maximum Gasteiger partial charge on any atom is 0.271 e. The van der Waals surface area contributed by atoms with Crippen LogP contribution in [0.25, 0.3) is 0 Å². The lowest BCUT2D eigenvalue weighted by Gasteiger charge is -2.12. The first-order valence-electron chi connectivity index (χ1n) is 12.9. The monoisotopic (exact) mass is 587 g/mol. The van der Waals surface area contributed by atoms with Gasteiger partial charge in [-0.1, -0.05) is 48.0 Å². The number of anilines is 1. The number of nitrogens with zero attached hydrogens (tertiary/aromatic N) is 1. The number of hydrogen-bond acceptors (Lipinski definition) is 7. The molecule has 10 heteroatoms. The first-order chi connectivity index (χ1) is 20.4. The van der Waals surface area contributed by atoms with Crippen LogP contribution in [0.1, 0.15) is 27.0 Å². The van der Waals surface area contributed by atoms with E-state index in [0.29, 0.717) is 51.4 Å². The zero-order valence-corrected chi connectivity index (χ0v) is 24.1. The number of rotatable bonds is 12. The van der Waals surface area contributed by atoms with Gasteiger partial charge >= 0.3 is 0 Å². The molecule has 4 rings (SSSR count). The molecule has 0 saturated carbocycles. The summed E-state index contributed by atoms with van der Waals surface area (Å²) in [5.41, 5.74) is 5.99. The van der Waals surface area contributed by atoms with Crippen LogP contribution in [0, 0.1) is 6.92 Å². The van der Waals surface area contributed by atoms with Crippen LogP contribution in [0.2, 0.25) is 5.02 Å². The van der Waals surface area contributed by atoms with Gasteiger partial charge in [0.05, 0.1) is 20.4 Å². The summed E-state index contributed by atoms with van der Waals surface area (Å²) in [7, 11) is 3.00. The Kier molecular flexibility index (Phi) is 10.4. The lowest BCUT2D eigenvalue weighted by Crippen LogP contribution is -2.20. The lowest BCUT2D eigenvalue weighted by atomic mass is 10.2. The number of carbonyl (C=O) groups is 2. The van der Waals surface area contributed by atoms with E-state index < -0.39 is 5.91 Å². The molecule has 4 aromatic carbocycles. The van der Waals surface area contributed by atoms with Crippen molar-refractivity contribution in [1.29, 1.82) is 0 Å². The normalized spacial score (nSPS) is 10.7. The molecule has 9 nitrogen and oxygen atoms in total. The van der Waals surface area contributed by atoms with Crippen molar-refractivity contribution in [2.45, 2.75) is 13.5 Å². The number of hydrogen-bond donors (Lipinski definition) is 2. The van der Waals surface area contributed by atoms with Gasteiger partial charge in [-0.15, -0.1) is 0 Å². The van der Waals surface area contributed by atoms with E-state index in [1.807, 2.05) is 43.3 Å². The van der Waals surface area contributed by atoms with Crippen LogP contribution in [-0.2, 0) is 11.4 Å². The Bertz CT molecular complexity index is 1580. The van der Waals surface area contributed by atoms with Gasteiger partial charge in [-0.25, -0.2) is 5.43 Å². The second-order valence-corrected chi connectivity index (χ2v) is 9.46. The summed E-state index contributed by atoms with van der Waals surface area (Å²) >= 11 is 6.11. The lowest BCUT2D eigenvalue weighted by molar-refractivity contribution is -0.118. The minimum atomic E-state index is -0.424. The Labute approximate surface area is 249 Å². The third-order valence-corrected chi connectivity index (χ3v) is 6.45. The number of methoxy groups -OCH3 is 2. The highest BCUT2D eigenvalue weighted by Gasteiger charge is 2.12. The Balaban J connectivity index is 1.31. The smallest absolute Gasteiger partial charge is 0.271 e. The summed E-state index contributed by atoms with van der Waals surface area (Å²) in [6.45, 7) is 2.02. The maximum atomic E-state index is 12.7. The van der Waals surface area contributed by atoms with Gasteiger partial charge in [0.1, 0.15) is 6.61 Å². The Morgan fingerprint density at radius 2 is 1.55 bits per heavy atom. The van der Waals surface area contributed by atoms with Crippen LogP contribution < -0.4 is 29.7 Å². The van der Waals surface area contributed by atoms with Crippen molar-refractivity contribution in [3.8, 4) is 23.0 Å². The number of hydrazone groups is 1. The predicted molar refractivity (Wildman–Crippen MR) is 162 cm³/mol. The van der Waals surface area contributed by atoms with E-state index >= 15 is 0 Å². The zero-order valence-electron chi connectivity index (χ0n) is 23.3. The number of nitrogens with one attached hydrogen (secondary N) is 2. The van der Waals surface area contributed by atoms with Gasteiger partial charge in [-0.2, -0.15) is 5.10 Å². The summed E-state index contributed by atoms with van der Waals surface area (Å²) in [5.74, 6) is 0.946. The molecule has 0 aliphatic carbocycles. The summed E-state index contributed by atoms with van der Waals surface area (Å²) in [6.07, 6.45) is 1.46. The molecule has 4 aromatic rings. The molecule has 42 heavy (non-hydrogen) atoms. The standard InChI is InChI=1S/C32H30ClN3O6/c1-21-9-12-25(17-26(21)33)35-31(37)20-42-27-13-10-23(15-29(27)39-2)18-34-36-32(38)24-11-14-28(30(16-24)40-3)41-19-22-7-5-4-6-8-22/h4-18H,19-20H2,1-3H3,(H,35,37)(H,36,38)/b34-18+. The third-order valence-electron chi connectivity index (χ3n) is 6.04. The molecular weight excluding hydrogens is 558 g/mol. The second-order valence-electron chi connectivity index (χ2n) is 9.05. The van der Waals surface area contributed by atoms with Gasteiger partial charge in [0, 0.05) is 16.3 Å². The van der Waals surface area contributed by atoms with Gasteiger partial charge in [0.2, 0.25) is 0 Å². The van der Waals surface area contributed by atoms with Gasteiger partial charge < -0.3 is 24.3 Å². The van der Waals surface area contributed by atoms with Gasteiger partial charge in [-0.3, -0.25) is 9.59 Å². The maximum absolute atomic E-state index is 12.7. The fourth-order valence-corrected chi connectivity index (χ4v) is 3.97. The van der Waals surface area contributed by atoms with E-state index in [0.717, 1.165) is 11.1 Å². The Morgan fingerprint density at radius 1 is 0.833 bits per heavy atom. The molecule has 0 aliphatic rings. The van der Waals surface area contributed by atoms with E-state index in [4.69, 9.17) is 30.5 Å². The average molecular weight is 588 g/mol. The minimum Gasteiger partial charge on any atom is -0.493 e. The summed E-state index contributed by atoms with van der Waals surface area (Å²) in [6, 6.07) is 24.9. The molecule has 0 heterocycles. The average Bonchev–Trinajstić information content (AvgIpc) is 3.01. The predicted octanol–water partition coefficient (Wildman–Crippen LogP) is 6.03. The fraction of sp³-hybridized carbons (Fsp3) is 0.156. The fourth-order valence-electron chi connectivity index (χ4n) is 3.79. The number of halogens is 1. The number of carbonyl (C=O) groups excluding carboxylic acids is 2. The molecule has 0 aliphatic heterocycles. The quantitative estimate of drug-likeness (QED) is 0.155. The molecule has 0 atom stereocenters. The number of benzene rings is 4. The van der Waals surface area contributed by atoms with Crippen LogP contribution in [0.3, 0.4) is 0 Å². The zero-order chi connectivity index (χ0) is 29.9. The van der Waals surface area contributed by atoms with Crippen molar-refractivity contribution in [2.75, 3.05) is 26.1 Å². The van der Waals surface area contributed by atoms with Crippen LogP contribution in [0.15, 0.2) is 90.0 Å². The second kappa shape index (κ2) is 14.6. The largest absolute Gasteiger partial charge is 0.493 e. The Morgan fingerprint density at radius 3 is 2.29 bits per heavy atom. The van der Waals surface area contributed by atoms with Crippen molar-refractivity contribution in [2.24, 2.45) is 5.10 Å². The van der Waals surface area contributed by atoms with Crippen molar-refractivity contribution >= 4 is 35.3 Å². The van der Waals surface area contributed by atoms with Gasteiger partial charge in [-0.05, 0) is 72.1 Å². The third kappa shape index (κ3) is 8.25. The van der Waals surface area contributed by atoms with Crippen molar-refractivity contribution in [1.82, 2.24) is 5.43 Å². The van der Waals surface area contributed by atoms with Crippen LogP contribution in [0.5, 0.6) is 23.0 Å². The first kappa shape index (κ1) is 30.0. The number of amides is 2. The van der Waals surface area contributed by atoms with Gasteiger partial charge in [0.15, 0.2) is 29.6 Å². The molecule has 0 bridgehead atoms. The Hall–Kier alpha value is -5.02. The molecule has 0 aromatic heterocycles. The van der Waals surface area contributed by atoms with Crippen molar-refractivity contribution in [3.63, 3.8) is 0 Å². The number of aryl methyl sites for hydroxylation is 1. The highest BCUT2D eigenvalue weighted by molar-refractivity contribution is 6.31. The highest BCUT2D eigenvalue weighted by atomic mass is 35.5. The first-order valence-corrected chi connectivity index (χ1v) is 13.3.